The minimum atomic E-state index is 0.575. The van der Waals surface area contributed by atoms with E-state index in [0.29, 0.717) is 4.99 Å². The molecule has 0 aliphatic carbocycles. The Morgan fingerprint density at radius 3 is 2.64 bits per heavy atom. The van der Waals surface area contributed by atoms with Gasteiger partial charge in [0.25, 0.3) is 0 Å². The molecule has 0 saturated heterocycles. The second kappa shape index (κ2) is 4.89. The minimum absolute atomic E-state index is 0.575. The van der Waals surface area contributed by atoms with Gasteiger partial charge in [-0.1, -0.05) is 12.2 Å². The van der Waals surface area contributed by atoms with E-state index >= 15 is 0 Å². The van der Waals surface area contributed by atoms with Crippen LogP contribution in [0.3, 0.4) is 0 Å². The van der Waals surface area contributed by atoms with Crippen molar-refractivity contribution in [2.45, 2.75) is 33.2 Å². The Bertz CT molecular complexity index is 346. The van der Waals surface area contributed by atoms with E-state index in [0.717, 1.165) is 35.2 Å². The lowest BCUT2D eigenvalue weighted by molar-refractivity contribution is 0.571. The molecular formula is C9H14BrN3S. The van der Waals surface area contributed by atoms with E-state index < -0.39 is 0 Å². The van der Waals surface area contributed by atoms with Gasteiger partial charge in [-0.15, -0.1) is 0 Å². The Labute approximate surface area is 97.8 Å². The fraction of sp³-hybridized carbons (Fsp3) is 0.556. The summed E-state index contributed by atoms with van der Waals surface area (Å²) < 4.78 is 3.07. The average molecular weight is 276 g/mol. The number of nitrogens with zero attached hydrogens (tertiary/aromatic N) is 2. The van der Waals surface area contributed by atoms with Crippen molar-refractivity contribution in [1.82, 2.24) is 9.78 Å². The molecule has 0 radical (unpaired) electrons. The summed E-state index contributed by atoms with van der Waals surface area (Å²) in [6.07, 6.45) is 1.73. The molecule has 0 bridgehead atoms. The zero-order valence-corrected chi connectivity index (χ0v) is 10.8. The van der Waals surface area contributed by atoms with Crippen LogP contribution >= 0.6 is 28.1 Å². The molecule has 0 amide bonds. The summed E-state index contributed by atoms with van der Waals surface area (Å²) in [5.41, 5.74) is 7.61. The monoisotopic (exact) mass is 275 g/mol. The first kappa shape index (κ1) is 11.7. The van der Waals surface area contributed by atoms with E-state index in [4.69, 9.17) is 18.0 Å². The van der Waals surface area contributed by atoms with E-state index in [1.165, 1.54) is 0 Å². The fourth-order valence-corrected chi connectivity index (χ4v) is 1.72. The van der Waals surface area contributed by atoms with Crippen molar-refractivity contribution in [3.05, 3.63) is 15.9 Å². The molecule has 0 unspecified atom stereocenters. The Kier molecular flexibility index (Phi) is 4.07. The summed E-state index contributed by atoms with van der Waals surface area (Å²) in [5.74, 6) is 0. The Balaban J connectivity index is 2.59. The van der Waals surface area contributed by atoms with Crippen LogP contribution < -0.4 is 5.73 Å². The molecule has 14 heavy (non-hydrogen) atoms. The van der Waals surface area contributed by atoms with Gasteiger partial charge in [0.2, 0.25) is 0 Å². The highest BCUT2D eigenvalue weighted by Gasteiger charge is 2.07. The second-order valence-corrected chi connectivity index (χ2v) is 4.60. The summed E-state index contributed by atoms with van der Waals surface area (Å²) in [6.45, 7) is 4.90. The van der Waals surface area contributed by atoms with E-state index in [9.17, 15) is 0 Å². The van der Waals surface area contributed by atoms with E-state index in [1.54, 1.807) is 0 Å². The summed E-state index contributed by atoms with van der Waals surface area (Å²) in [7, 11) is 0. The number of aromatic nitrogens is 2. The smallest absolute Gasteiger partial charge is 0.0738 e. The number of hydrogen-bond donors (Lipinski definition) is 1. The number of halogens is 1. The van der Waals surface area contributed by atoms with Crippen molar-refractivity contribution in [3.63, 3.8) is 0 Å². The highest BCUT2D eigenvalue weighted by atomic mass is 79.9. The first-order valence-electron chi connectivity index (χ1n) is 4.50. The number of aryl methyl sites for hydroxylation is 2. The van der Waals surface area contributed by atoms with Gasteiger partial charge >= 0.3 is 0 Å². The Hall–Kier alpha value is -0.420. The molecule has 0 atom stereocenters. The maximum Gasteiger partial charge on any atom is 0.0738 e. The van der Waals surface area contributed by atoms with Crippen molar-refractivity contribution >= 4 is 33.1 Å². The standard InChI is InChI=1S/C9H14BrN3S/c1-6-9(10)7(2)13(12-6)5-3-4-8(11)14/h3-5H2,1-2H3,(H2,11,14). The van der Waals surface area contributed by atoms with Gasteiger partial charge in [-0.3, -0.25) is 4.68 Å². The van der Waals surface area contributed by atoms with Crippen LogP contribution in [0.15, 0.2) is 4.47 Å². The molecule has 1 heterocycles. The van der Waals surface area contributed by atoms with Crippen LogP contribution in [0.4, 0.5) is 0 Å². The van der Waals surface area contributed by atoms with Crippen LogP contribution in [0.2, 0.25) is 0 Å². The van der Waals surface area contributed by atoms with Crippen molar-refractivity contribution in [3.8, 4) is 0 Å². The highest BCUT2D eigenvalue weighted by Crippen LogP contribution is 2.19. The van der Waals surface area contributed by atoms with Gasteiger partial charge in [-0.2, -0.15) is 5.10 Å². The Morgan fingerprint density at radius 2 is 2.21 bits per heavy atom. The molecule has 0 aliphatic heterocycles. The van der Waals surface area contributed by atoms with E-state index in [1.807, 2.05) is 18.5 Å². The lowest BCUT2D eigenvalue weighted by atomic mass is 10.3. The molecule has 0 spiro atoms. The van der Waals surface area contributed by atoms with Crippen LogP contribution in [0.25, 0.3) is 0 Å². The van der Waals surface area contributed by atoms with Crippen LogP contribution in [0, 0.1) is 13.8 Å². The van der Waals surface area contributed by atoms with E-state index in [2.05, 4.69) is 21.0 Å². The first-order valence-corrected chi connectivity index (χ1v) is 5.70. The first-order chi connectivity index (χ1) is 6.52. The molecule has 1 aromatic rings. The summed E-state index contributed by atoms with van der Waals surface area (Å²) in [6, 6.07) is 0. The molecule has 3 nitrogen and oxygen atoms in total. The quantitative estimate of drug-likeness (QED) is 0.858. The normalized spacial score (nSPS) is 10.5. The van der Waals surface area contributed by atoms with Gasteiger partial charge < -0.3 is 5.73 Å². The van der Waals surface area contributed by atoms with Crippen molar-refractivity contribution in [2.75, 3.05) is 0 Å². The lowest BCUT2D eigenvalue weighted by Gasteiger charge is -2.03. The zero-order valence-electron chi connectivity index (χ0n) is 8.38. The number of hydrogen-bond acceptors (Lipinski definition) is 2. The lowest BCUT2D eigenvalue weighted by Crippen LogP contribution is -2.10. The maximum atomic E-state index is 5.42. The van der Waals surface area contributed by atoms with Crippen LogP contribution in [0.1, 0.15) is 24.2 Å². The maximum absolute atomic E-state index is 5.42. The van der Waals surface area contributed by atoms with Crippen molar-refractivity contribution in [2.24, 2.45) is 5.73 Å². The highest BCUT2D eigenvalue weighted by molar-refractivity contribution is 9.10. The molecule has 0 aliphatic rings. The van der Waals surface area contributed by atoms with Crippen LogP contribution in [-0.4, -0.2) is 14.8 Å². The third kappa shape index (κ3) is 2.78. The summed E-state index contributed by atoms with van der Waals surface area (Å²) in [5, 5.41) is 4.39. The third-order valence-corrected chi connectivity index (χ3v) is 3.44. The molecule has 0 fully saturated rings. The molecule has 1 rings (SSSR count). The fourth-order valence-electron chi connectivity index (χ4n) is 1.30. The van der Waals surface area contributed by atoms with Gasteiger partial charge in [-0.05, 0) is 42.6 Å². The van der Waals surface area contributed by atoms with Crippen LogP contribution in [0.5, 0.6) is 0 Å². The van der Waals surface area contributed by atoms with Crippen molar-refractivity contribution in [1.29, 1.82) is 0 Å². The molecule has 2 N–H and O–H groups in total. The zero-order chi connectivity index (χ0) is 10.7. The number of rotatable bonds is 4. The van der Waals surface area contributed by atoms with E-state index in [-0.39, 0.29) is 0 Å². The average Bonchev–Trinajstić information content (AvgIpc) is 2.33. The number of thiocarbonyl (C=S) groups is 1. The van der Waals surface area contributed by atoms with Gasteiger partial charge in [0.05, 0.1) is 15.2 Å². The number of nitrogens with two attached hydrogens (primary N) is 1. The van der Waals surface area contributed by atoms with Gasteiger partial charge in [0.15, 0.2) is 0 Å². The molecule has 78 valence electrons. The SMILES string of the molecule is Cc1nn(CCCC(N)=S)c(C)c1Br. The molecule has 0 saturated carbocycles. The van der Waals surface area contributed by atoms with Gasteiger partial charge in [0.1, 0.15) is 0 Å². The predicted molar refractivity (Wildman–Crippen MR) is 65.4 cm³/mol. The molecule has 0 aromatic carbocycles. The second-order valence-electron chi connectivity index (χ2n) is 3.28. The summed E-state index contributed by atoms with van der Waals surface area (Å²) in [4.78, 5) is 0.575. The molecule has 5 heteroatoms. The summed E-state index contributed by atoms with van der Waals surface area (Å²) >= 11 is 8.30. The predicted octanol–water partition coefficient (Wildman–Crippen LogP) is 2.33. The van der Waals surface area contributed by atoms with Gasteiger partial charge in [0, 0.05) is 12.2 Å². The Morgan fingerprint density at radius 1 is 1.57 bits per heavy atom. The third-order valence-electron chi connectivity index (χ3n) is 2.09. The topological polar surface area (TPSA) is 43.8 Å². The largest absolute Gasteiger partial charge is 0.393 e. The van der Waals surface area contributed by atoms with Gasteiger partial charge in [-0.25, -0.2) is 0 Å². The minimum Gasteiger partial charge on any atom is -0.393 e. The van der Waals surface area contributed by atoms with Crippen LogP contribution in [-0.2, 0) is 6.54 Å². The van der Waals surface area contributed by atoms with Crippen molar-refractivity contribution < 1.29 is 0 Å². The molecular weight excluding hydrogens is 262 g/mol. The molecule has 1 aromatic heterocycles.